The number of benzene rings is 2. The summed E-state index contributed by atoms with van der Waals surface area (Å²) in [6.07, 6.45) is 0. The van der Waals surface area contributed by atoms with Crippen molar-refractivity contribution < 1.29 is 4.79 Å². The molecule has 1 saturated heterocycles. The molecule has 1 aliphatic rings. The van der Waals surface area contributed by atoms with Gasteiger partial charge in [0.15, 0.2) is 5.82 Å². The number of nitrogens with one attached hydrogen (secondary N) is 1. The molecule has 0 aliphatic carbocycles. The summed E-state index contributed by atoms with van der Waals surface area (Å²) in [6, 6.07) is 14.3. The molecule has 2 heterocycles. The molecule has 1 fully saturated rings. The maximum Gasteiger partial charge on any atom is 0.275 e. The van der Waals surface area contributed by atoms with E-state index >= 15 is 0 Å². The fraction of sp³-hybridized carbons (Fsp3) is 0.250. The number of aromatic nitrogens is 2. The molecule has 8 heteroatoms. The van der Waals surface area contributed by atoms with Crippen LogP contribution in [-0.2, 0) is 11.3 Å². The molecule has 1 aromatic heterocycles. The first-order valence-electron chi connectivity index (χ1n) is 9.00. The minimum absolute atomic E-state index is 0.151. The molecule has 144 valence electrons. The number of hydrogen-bond acceptors (Lipinski definition) is 5. The van der Waals surface area contributed by atoms with Gasteiger partial charge in [-0.3, -0.25) is 9.59 Å². The molecule has 1 amide bonds. The third kappa shape index (κ3) is 4.00. The van der Waals surface area contributed by atoms with Gasteiger partial charge in [-0.1, -0.05) is 29.8 Å². The number of rotatable bonds is 4. The van der Waals surface area contributed by atoms with E-state index in [0.29, 0.717) is 16.1 Å². The molecular formula is C20H19ClN4O2S. The number of nitrogens with zero attached hydrogens (tertiary/aromatic N) is 3. The average Bonchev–Trinajstić information content (AvgIpc) is 2.72. The monoisotopic (exact) mass is 414 g/mol. The fourth-order valence-electron chi connectivity index (χ4n) is 3.20. The van der Waals surface area contributed by atoms with Crippen LogP contribution in [0.1, 0.15) is 0 Å². The highest BCUT2D eigenvalue weighted by Gasteiger charge is 2.19. The molecule has 3 aromatic rings. The number of anilines is 2. The van der Waals surface area contributed by atoms with Gasteiger partial charge in [0.25, 0.3) is 5.56 Å². The van der Waals surface area contributed by atoms with Gasteiger partial charge in [0, 0.05) is 40.7 Å². The number of fused-ring (bicyclic) bond motifs is 1. The van der Waals surface area contributed by atoms with Crippen molar-refractivity contribution in [2.45, 2.75) is 6.54 Å². The zero-order valence-electron chi connectivity index (χ0n) is 15.1. The van der Waals surface area contributed by atoms with Gasteiger partial charge in [0.05, 0.1) is 5.39 Å². The topological polar surface area (TPSA) is 67.2 Å². The summed E-state index contributed by atoms with van der Waals surface area (Å²) in [5.41, 5.74) is 0.355. The molecular weight excluding hydrogens is 396 g/mol. The molecule has 1 aliphatic heterocycles. The minimum atomic E-state index is -0.313. The van der Waals surface area contributed by atoms with Crippen LogP contribution in [0.3, 0.4) is 0 Å². The Bertz CT molecular complexity index is 1060. The lowest BCUT2D eigenvalue weighted by atomic mass is 10.1. The number of carbonyl (C=O) groups excluding carboxylic acids is 1. The fourth-order valence-corrected chi connectivity index (χ4v) is 4.23. The highest BCUT2D eigenvalue weighted by molar-refractivity contribution is 7.99. The van der Waals surface area contributed by atoms with Gasteiger partial charge in [-0.2, -0.15) is 16.9 Å². The lowest BCUT2D eigenvalue weighted by molar-refractivity contribution is -0.117. The van der Waals surface area contributed by atoms with E-state index in [1.807, 2.05) is 30.0 Å². The molecule has 0 radical (unpaired) electrons. The van der Waals surface area contributed by atoms with E-state index < -0.39 is 0 Å². The third-order valence-electron chi connectivity index (χ3n) is 4.58. The maximum atomic E-state index is 12.9. The molecule has 0 atom stereocenters. The Morgan fingerprint density at radius 1 is 1.07 bits per heavy atom. The molecule has 28 heavy (non-hydrogen) atoms. The first kappa shape index (κ1) is 18.8. The van der Waals surface area contributed by atoms with Gasteiger partial charge in [-0.05, 0) is 30.3 Å². The number of thioether (sulfide) groups is 1. The van der Waals surface area contributed by atoms with Gasteiger partial charge >= 0.3 is 0 Å². The van der Waals surface area contributed by atoms with Crippen LogP contribution in [0.15, 0.2) is 53.3 Å². The van der Waals surface area contributed by atoms with Crippen LogP contribution in [0.25, 0.3) is 10.8 Å². The lowest BCUT2D eigenvalue weighted by Crippen LogP contribution is -2.37. The molecule has 0 bridgehead atoms. The van der Waals surface area contributed by atoms with Gasteiger partial charge in [0.1, 0.15) is 6.54 Å². The second-order valence-electron chi connectivity index (χ2n) is 6.49. The quantitative estimate of drug-likeness (QED) is 0.709. The molecule has 4 rings (SSSR count). The SMILES string of the molecule is O=C(Cn1nc(N2CCSCC2)c2ccccc2c1=O)Nc1ccc(Cl)cc1. The predicted octanol–water partition coefficient (Wildman–Crippen LogP) is 3.24. The van der Waals surface area contributed by atoms with Gasteiger partial charge in [0.2, 0.25) is 5.91 Å². The zero-order valence-corrected chi connectivity index (χ0v) is 16.7. The smallest absolute Gasteiger partial charge is 0.275 e. The Kier molecular flexibility index (Phi) is 5.54. The van der Waals surface area contributed by atoms with Crippen molar-refractivity contribution in [1.29, 1.82) is 0 Å². The zero-order chi connectivity index (χ0) is 19.5. The van der Waals surface area contributed by atoms with E-state index in [4.69, 9.17) is 11.6 Å². The molecule has 0 spiro atoms. The standard InChI is InChI=1S/C20H19ClN4O2S/c21-14-5-7-15(8-6-14)22-18(26)13-25-20(27)17-4-2-1-3-16(17)19(23-25)24-9-11-28-12-10-24/h1-8H,9-13H2,(H,22,26). The van der Waals surface area contributed by atoms with Crippen LogP contribution < -0.4 is 15.8 Å². The first-order chi connectivity index (χ1) is 13.6. The summed E-state index contributed by atoms with van der Waals surface area (Å²) in [4.78, 5) is 27.5. The number of hydrogen-bond donors (Lipinski definition) is 1. The van der Waals surface area contributed by atoms with Gasteiger partial charge in [-0.25, -0.2) is 4.68 Å². The van der Waals surface area contributed by atoms with E-state index in [1.54, 1.807) is 30.3 Å². The van der Waals surface area contributed by atoms with Crippen molar-refractivity contribution in [2.24, 2.45) is 0 Å². The second kappa shape index (κ2) is 8.24. The van der Waals surface area contributed by atoms with Crippen LogP contribution in [0.4, 0.5) is 11.5 Å². The Morgan fingerprint density at radius 3 is 2.46 bits per heavy atom. The van der Waals surface area contributed by atoms with Crippen molar-refractivity contribution in [3.05, 3.63) is 63.9 Å². The number of amides is 1. The van der Waals surface area contributed by atoms with Crippen LogP contribution in [0.5, 0.6) is 0 Å². The summed E-state index contributed by atoms with van der Waals surface area (Å²) in [7, 11) is 0. The van der Waals surface area contributed by atoms with E-state index in [0.717, 1.165) is 35.8 Å². The Balaban J connectivity index is 1.66. The van der Waals surface area contributed by atoms with Crippen molar-refractivity contribution in [3.63, 3.8) is 0 Å². The van der Waals surface area contributed by atoms with Crippen molar-refractivity contribution in [2.75, 3.05) is 34.8 Å². The highest BCUT2D eigenvalue weighted by Crippen LogP contribution is 2.24. The minimum Gasteiger partial charge on any atom is -0.353 e. The van der Waals surface area contributed by atoms with Gasteiger partial charge < -0.3 is 10.2 Å². The summed E-state index contributed by atoms with van der Waals surface area (Å²) >= 11 is 7.78. The van der Waals surface area contributed by atoms with Crippen LogP contribution in [0.2, 0.25) is 5.02 Å². The molecule has 1 N–H and O–H groups in total. The number of halogens is 1. The van der Waals surface area contributed by atoms with Crippen molar-refractivity contribution in [3.8, 4) is 0 Å². The molecule has 2 aromatic carbocycles. The first-order valence-corrected chi connectivity index (χ1v) is 10.5. The Morgan fingerprint density at radius 2 is 1.75 bits per heavy atom. The van der Waals surface area contributed by atoms with Crippen LogP contribution in [0, 0.1) is 0 Å². The highest BCUT2D eigenvalue weighted by atomic mass is 35.5. The van der Waals surface area contributed by atoms with Crippen molar-refractivity contribution in [1.82, 2.24) is 9.78 Å². The summed E-state index contributed by atoms with van der Waals surface area (Å²) in [5.74, 6) is 2.49. The summed E-state index contributed by atoms with van der Waals surface area (Å²) < 4.78 is 1.25. The largest absolute Gasteiger partial charge is 0.353 e. The second-order valence-corrected chi connectivity index (χ2v) is 8.15. The summed E-state index contributed by atoms with van der Waals surface area (Å²) in [6.45, 7) is 1.59. The van der Waals surface area contributed by atoms with E-state index in [2.05, 4.69) is 15.3 Å². The normalized spacial score (nSPS) is 14.2. The third-order valence-corrected chi connectivity index (χ3v) is 5.77. The molecule has 0 saturated carbocycles. The number of carbonyl (C=O) groups is 1. The van der Waals surface area contributed by atoms with Crippen molar-refractivity contribution >= 4 is 51.5 Å². The van der Waals surface area contributed by atoms with Crippen LogP contribution in [-0.4, -0.2) is 40.3 Å². The Hall–Kier alpha value is -2.51. The maximum absolute atomic E-state index is 12.9. The summed E-state index contributed by atoms with van der Waals surface area (Å²) in [5, 5.41) is 9.33. The van der Waals surface area contributed by atoms with E-state index in [-0.39, 0.29) is 18.0 Å². The predicted molar refractivity (Wildman–Crippen MR) is 116 cm³/mol. The Labute approximate surface area is 171 Å². The van der Waals surface area contributed by atoms with E-state index in [1.165, 1.54) is 4.68 Å². The van der Waals surface area contributed by atoms with Gasteiger partial charge in [-0.15, -0.1) is 0 Å². The molecule has 6 nitrogen and oxygen atoms in total. The lowest BCUT2D eigenvalue weighted by Gasteiger charge is -2.28. The molecule has 0 unspecified atom stereocenters. The average molecular weight is 415 g/mol. The van der Waals surface area contributed by atoms with E-state index in [9.17, 15) is 9.59 Å². The van der Waals surface area contributed by atoms with Crippen LogP contribution >= 0.6 is 23.4 Å².